The molecule has 0 aromatic rings. The van der Waals surface area contributed by atoms with Gasteiger partial charge < -0.3 is 25.2 Å². The van der Waals surface area contributed by atoms with E-state index in [1.807, 2.05) is 20.8 Å². The van der Waals surface area contributed by atoms with Crippen molar-refractivity contribution in [1.29, 1.82) is 0 Å². The third-order valence-corrected chi connectivity index (χ3v) is 4.31. The molecule has 28 heavy (non-hydrogen) atoms. The topological polar surface area (TPSA) is 58.9 Å². The summed E-state index contributed by atoms with van der Waals surface area (Å²) in [6, 6.07) is 0.998. The smallest absolute Gasteiger partial charge is 0.407 e. The number of hydrogen-bond acceptors (Lipinski definition) is 4. The molecule has 0 aliphatic heterocycles. The van der Waals surface area contributed by atoms with Gasteiger partial charge in [0.05, 0.1) is 0 Å². The standard InChI is InChI=1S/C21H45N4O2.Y/c1-18(2)22-12-9-15-25(17-11-14-24(8)19(3)4)16-10-13-23-20(26)27-21(5,6)7;/h18-19H,9-17H2,1-8H3,(H,23,26);/q-1;. The molecule has 165 valence electrons. The van der Waals surface area contributed by atoms with Gasteiger partial charge in [0.25, 0.3) is 0 Å². The van der Waals surface area contributed by atoms with E-state index in [-0.39, 0.29) is 38.8 Å². The molecule has 0 aliphatic carbocycles. The molecule has 7 heteroatoms. The first-order valence-corrected chi connectivity index (χ1v) is 10.6. The number of nitrogens with one attached hydrogen (secondary N) is 1. The summed E-state index contributed by atoms with van der Waals surface area (Å²) in [5, 5.41) is 7.42. The van der Waals surface area contributed by atoms with E-state index in [2.05, 4.69) is 55.2 Å². The fourth-order valence-electron chi connectivity index (χ4n) is 2.59. The molecule has 1 N–H and O–H groups in total. The average molecular weight is 475 g/mol. The minimum absolute atomic E-state index is 0. The van der Waals surface area contributed by atoms with Crippen LogP contribution in [0, 0.1) is 0 Å². The van der Waals surface area contributed by atoms with Crippen LogP contribution in [0.25, 0.3) is 5.32 Å². The zero-order valence-electron chi connectivity index (χ0n) is 19.8. The largest absolute Gasteiger partial charge is 0.660 e. The molecule has 0 spiro atoms. The van der Waals surface area contributed by atoms with Crippen LogP contribution in [0.3, 0.4) is 0 Å². The Morgan fingerprint density at radius 1 is 1.00 bits per heavy atom. The molecule has 0 heterocycles. The van der Waals surface area contributed by atoms with Crippen LogP contribution in [0.2, 0.25) is 0 Å². The molecule has 0 bridgehead atoms. The van der Waals surface area contributed by atoms with Crippen LogP contribution >= 0.6 is 0 Å². The summed E-state index contributed by atoms with van der Waals surface area (Å²) in [6.07, 6.45) is 2.86. The second-order valence-corrected chi connectivity index (χ2v) is 8.91. The number of ether oxygens (including phenoxy) is 1. The van der Waals surface area contributed by atoms with Gasteiger partial charge in [-0.1, -0.05) is 20.3 Å². The van der Waals surface area contributed by atoms with E-state index in [1.165, 1.54) is 0 Å². The molecule has 0 rings (SSSR count). The first-order valence-electron chi connectivity index (χ1n) is 10.6. The summed E-state index contributed by atoms with van der Waals surface area (Å²) >= 11 is 0. The Hall–Kier alpha value is 0.254. The SMILES string of the molecule is CC(C)[N-]CCCN(CCCNC(=O)OC(C)(C)C)CCCN(C)C(C)C.[Y]. The van der Waals surface area contributed by atoms with Crippen LogP contribution in [-0.4, -0.2) is 79.9 Å². The summed E-state index contributed by atoms with van der Waals surface area (Å²) in [4.78, 5) is 16.6. The van der Waals surface area contributed by atoms with Gasteiger partial charge in [0.15, 0.2) is 0 Å². The third-order valence-electron chi connectivity index (χ3n) is 4.31. The summed E-state index contributed by atoms with van der Waals surface area (Å²) in [5.41, 5.74) is -0.446. The zero-order valence-corrected chi connectivity index (χ0v) is 22.6. The maximum Gasteiger partial charge on any atom is 0.407 e. The normalized spacial score (nSPS) is 12.0. The van der Waals surface area contributed by atoms with Crippen LogP contribution in [0.5, 0.6) is 0 Å². The van der Waals surface area contributed by atoms with Gasteiger partial charge in [0, 0.05) is 45.3 Å². The van der Waals surface area contributed by atoms with Gasteiger partial charge in [-0.25, -0.2) is 4.79 Å². The number of rotatable bonds is 14. The fraction of sp³-hybridized carbons (Fsp3) is 0.952. The number of amides is 1. The molecule has 0 atom stereocenters. The minimum Gasteiger partial charge on any atom is -0.660 e. The van der Waals surface area contributed by atoms with Crippen molar-refractivity contribution in [3.8, 4) is 0 Å². The molecule has 0 saturated carbocycles. The first kappa shape index (κ1) is 30.4. The third kappa shape index (κ3) is 19.6. The molecule has 0 aliphatic rings. The van der Waals surface area contributed by atoms with E-state index < -0.39 is 5.60 Å². The molecule has 1 amide bonds. The Labute approximate surface area is 199 Å². The number of carbonyl (C=O) groups is 1. The maximum absolute atomic E-state index is 11.7. The van der Waals surface area contributed by atoms with Crippen molar-refractivity contribution >= 4 is 6.09 Å². The quantitative estimate of drug-likeness (QED) is 0.385. The summed E-state index contributed by atoms with van der Waals surface area (Å²) in [5.74, 6) is 0. The fourth-order valence-corrected chi connectivity index (χ4v) is 2.59. The number of hydrogen-bond donors (Lipinski definition) is 1. The second-order valence-electron chi connectivity index (χ2n) is 8.91. The Morgan fingerprint density at radius 3 is 2.11 bits per heavy atom. The van der Waals surface area contributed by atoms with Crippen LogP contribution in [0.4, 0.5) is 4.79 Å². The van der Waals surface area contributed by atoms with E-state index in [0.717, 1.165) is 52.0 Å². The first-order chi connectivity index (χ1) is 12.5. The Bertz CT molecular complexity index is 387. The second kappa shape index (κ2) is 17.0. The van der Waals surface area contributed by atoms with Crippen molar-refractivity contribution in [2.24, 2.45) is 0 Å². The van der Waals surface area contributed by atoms with Crippen LogP contribution in [-0.2, 0) is 37.4 Å². The van der Waals surface area contributed by atoms with E-state index in [9.17, 15) is 4.79 Å². The molecule has 0 unspecified atom stereocenters. The predicted molar refractivity (Wildman–Crippen MR) is 116 cm³/mol. The van der Waals surface area contributed by atoms with Crippen LogP contribution in [0.1, 0.15) is 67.7 Å². The van der Waals surface area contributed by atoms with Gasteiger partial charge >= 0.3 is 6.09 Å². The van der Waals surface area contributed by atoms with Crippen molar-refractivity contribution in [1.82, 2.24) is 15.1 Å². The molecule has 0 aromatic carbocycles. The molecule has 0 saturated heterocycles. The monoisotopic (exact) mass is 474 g/mol. The van der Waals surface area contributed by atoms with Gasteiger partial charge in [-0.2, -0.15) is 0 Å². The van der Waals surface area contributed by atoms with E-state index in [1.54, 1.807) is 0 Å². The Balaban J connectivity index is 0. The van der Waals surface area contributed by atoms with Crippen LogP contribution in [0.15, 0.2) is 0 Å². The molecular formula is C21H45N4O2Y-. The molecule has 0 aromatic heterocycles. The predicted octanol–water partition coefficient (Wildman–Crippen LogP) is 4.10. The van der Waals surface area contributed by atoms with Crippen molar-refractivity contribution < 1.29 is 42.2 Å². The molecular weight excluding hydrogens is 429 g/mol. The van der Waals surface area contributed by atoms with Gasteiger partial charge in [-0.3, -0.25) is 0 Å². The molecule has 1 radical (unpaired) electrons. The van der Waals surface area contributed by atoms with E-state index >= 15 is 0 Å². The number of alkyl carbamates (subject to hydrolysis) is 1. The zero-order chi connectivity index (χ0) is 20.9. The average Bonchev–Trinajstić information content (AvgIpc) is 2.52. The van der Waals surface area contributed by atoms with Crippen molar-refractivity contribution in [2.75, 3.05) is 46.3 Å². The maximum atomic E-state index is 11.7. The van der Waals surface area contributed by atoms with Gasteiger partial charge in [0.1, 0.15) is 5.60 Å². The summed E-state index contributed by atoms with van der Waals surface area (Å²) in [6.45, 7) is 20.2. The Kier molecular flexibility index (Phi) is 18.5. The van der Waals surface area contributed by atoms with E-state index in [4.69, 9.17) is 4.74 Å². The molecule has 6 nitrogen and oxygen atoms in total. The Morgan fingerprint density at radius 2 is 1.57 bits per heavy atom. The summed E-state index contributed by atoms with van der Waals surface area (Å²) < 4.78 is 5.28. The van der Waals surface area contributed by atoms with Crippen molar-refractivity contribution in [3.05, 3.63) is 5.32 Å². The molecule has 0 fully saturated rings. The number of nitrogens with zero attached hydrogens (tertiary/aromatic N) is 3. The van der Waals surface area contributed by atoms with Gasteiger partial charge in [0.2, 0.25) is 0 Å². The van der Waals surface area contributed by atoms with Crippen molar-refractivity contribution in [2.45, 2.75) is 85.4 Å². The van der Waals surface area contributed by atoms with Crippen molar-refractivity contribution in [3.63, 3.8) is 0 Å². The van der Waals surface area contributed by atoms with Gasteiger partial charge in [-0.05, 0) is 80.7 Å². The minimum atomic E-state index is -0.446. The summed E-state index contributed by atoms with van der Waals surface area (Å²) in [7, 11) is 2.18. The van der Waals surface area contributed by atoms with Crippen LogP contribution < -0.4 is 5.32 Å². The van der Waals surface area contributed by atoms with E-state index in [0.29, 0.717) is 18.6 Å². The number of carbonyl (C=O) groups excluding carboxylic acids is 1. The van der Waals surface area contributed by atoms with Gasteiger partial charge in [-0.15, -0.1) is 12.6 Å².